The van der Waals surface area contributed by atoms with Crippen molar-refractivity contribution in [1.29, 1.82) is 0 Å². The fraction of sp³-hybridized carbons (Fsp3) is 0.231. The highest BCUT2D eigenvalue weighted by Gasteiger charge is 2.10. The minimum atomic E-state index is -0.222. The second-order valence-corrected chi connectivity index (χ2v) is 3.74. The molecule has 0 aliphatic heterocycles. The Morgan fingerprint density at radius 3 is 3.18 bits per heavy atom. The number of terminal acetylenes is 1. The number of imidazole rings is 1. The summed E-state index contributed by atoms with van der Waals surface area (Å²) >= 11 is 0. The van der Waals surface area contributed by atoms with Crippen LogP contribution in [0, 0.1) is 12.3 Å². The average Bonchev–Trinajstić information content (AvgIpc) is 2.82. The zero-order valence-corrected chi connectivity index (χ0v) is 9.53. The van der Waals surface area contributed by atoms with E-state index in [4.69, 9.17) is 6.42 Å². The highest BCUT2D eigenvalue weighted by atomic mass is 16.1. The minimum Gasteiger partial charge on any atom is -0.345 e. The van der Waals surface area contributed by atoms with Crippen LogP contribution >= 0.6 is 0 Å². The molecule has 1 aromatic heterocycles. The predicted molar refractivity (Wildman–Crippen MR) is 66.5 cm³/mol. The molecule has 2 aromatic rings. The number of amides is 1. The zero-order valence-electron chi connectivity index (χ0n) is 9.53. The van der Waals surface area contributed by atoms with Crippen LogP contribution in [0.3, 0.4) is 0 Å². The Morgan fingerprint density at radius 2 is 2.47 bits per heavy atom. The number of nitrogens with zero attached hydrogens (tertiary/aromatic N) is 1. The topological polar surface area (TPSA) is 57.8 Å². The second kappa shape index (κ2) is 4.71. The van der Waals surface area contributed by atoms with Gasteiger partial charge in [-0.25, -0.2) is 4.98 Å². The Labute approximate surface area is 99.4 Å². The van der Waals surface area contributed by atoms with Crippen molar-refractivity contribution in [2.45, 2.75) is 19.4 Å². The molecule has 0 radical (unpaired) electrons. The van der Waals surface area contributed by atoms with E-state index in [1.807, 2.05) is 6.92 Å². The molecule has 0 bridgehead atoms. The summed E-state index contributed by atoms with van der Waals surface area (Å²) < 4.78 is 0. The molecule has 0 aliphatic rings. The van der Waals surface area contributed by atoms with Crippen molar-refractivity contribution < 1.29 is 4.79 Å². The molecule has 2 rings (SSSR count). The van der Waals surface area contributed by atoms with Gasteiger partial charge in [0.1, 0.15) is 0 Å². The second-order valence-electron chi connectivity index (χ2n) is 3.74. The first kappa shape index (κ1) is 11.2. The summed E-state index contributed by atoms with van der Waals surface area (Å²) in [5.41, 5.74) is 2.26. The summed E-state index contributed by atoms with van der Waals surface area (Å²) in [5, 5.41) is 2.78. The Hall–Kier alpha value is -2.28. The number of aromatic amines is 1. The Morgan fingerprint density at radius 1 is 1.65 bits per heavy atom. The standard InChI is InChI=1S/C13H13N3O/c1-3-10(4-2)16-13(17)9-5-6-11-12(7-9)15-8-14-11/h1,5-8,10H,4H2,2H3,(H,14,15)(H,16,17). The van der Waals surface area contributed by atoms with E-state index in [0.29, 0.717) is 12.0 Å². The van der Waals surface area contributed by atoms with Crippen molar-refractivity contribution >= 4 is 16.9 Å². The third kappa shape index (κ3) is 2.28. The normalized spacial score (nSPS) is 12.0. The maximum Gasteiger partial charge on any atom is 0.252 e. The first-order valence-electron chi connectivity index (χ1n) is 5.44. The van der Waals surface area contributed by atoms with Gasteiger partial charge in [-0.3, -0.25) is 4.79 Å². The molecule has 0 spiro atoms. The Bertz CT molecular complexity index is 580. The molecule has 4 nitrogen and oxygen atoms in total. The molecule has 0 aliphatic carbocycles. The van der Waals surface area contributed by atoms with Gasteiger partial charge in [-0.1, -0.05) is 12.8 Å². The van der Waals surface area contributed by atoms with Gasteiger partial charge < -0.3 is 10.3 Å². The first-order chi connectivity index (χ1) is 8.24. The largest absolute Gasteiger partial charge is 0.345 e. The molecule has 1 unspecified atom stereocenters. The molecule has 17 heavy (non-hydrogen) atoms. The third-order valence-corrected chi connectivity index (χ3v) is 2.60. The SMILES string of the molecule is C#CC(CC)NC(=O)c1ccc2nc[nH]c2c1. The van der Waals surface area contributed by atoms with Gasteiger partial charge in [0.25, 0.3) is 5.91 Å². The van der Waals surface area contributed by atoms with E-state index in [1.54, 1.807) is 24.5 Å². The van der Waals surface area contributed by atoms with E-state index in [9.17, 15) is 4.79 Å². The van der Waals surface area contributed by atoms with Gasteiger partial charge in [0.05, 0.1) is 23.4 Å². The Kier molecular flexibility index (Phi) is 3.10. The number of aromatic nitrogens is 2. The number of H-pyrrole nitrogens is 1. The molecular weight excluding hydrogens is 214 g/mol. The first-order valence-corrected chi connectivity index (χ1v) is 5.44. The zero-order chi connectivity index (χ0) is 12.3. The lowest BCUT2D eigenvalue weighted by molar-refractivity contribution is 0.0945. The Balaban J connectivity index is 2.21. The van der Waals surface area contributed by atoms with E-state index >= 15 is 0 Å². The third-order valence-electron chi connectivity index (χ3n) is 2.60. The maximum atomic E-state index is 11.9. The van der Waals surface area contributed by atoms with Crippen LogP contribution < -0.4 is 5.32 Å². The number of hydrogen-bond donors (Lipinski definition) is 2. The van der Waals surface area contributed by atoms with Gasteiger partial charge in [-0.2, -0.15) is 0 Å². The molecule has 1 amide bonds. The number of carbonyl (C=O) groups excluding carboxylic acids is 1. The molecule has 86 valence electrons. The van der Waals surface area contributed by atoms with E-state index in [1.165, 1.54) is 0 Å². The number of hydrogen-bond acceptors (Lipinski definition) is 2. The van der Waals surface area contributed by atoms with Crippen molar-refractivity contribution in [1.82, 2.24) is 15.3 Å². The van der Waals surface area contributed by atoms with Crippen molar-refractivity contribution in [3.8, 4) is 12.3 Å². The summed E-state index contributed by atoms with van der Waals surface area (Å²) in [6.07, 6.45) is 7.62. The van der Waals surface area contributed by atoms with E-state index in [2.05, 4.69) is 21.2 Å². The van der Waals surface area contributed by atoms with Crippen LogP contribution in [0.1, 0.15) is 23.7 Å². The lowest BCUT2D eigenvalue weighted by Crippen LogP contribution is -2.33. The molecule has 2 N–H and O–H groups in total. The van der Waals surface area contributed by atoms with Gasteiger partial charge in [0.2, 0.25) is 0 Å². The van der Waals surface area contributed by atoms with Crippen LogP contribution in [0.25, 0.3) is 11.0 Å². The van der Waals surface area contributed by atoms with Crippen molar-refractivity contribution in [3.05, 3.63) is 30.1 Å². The molecule has 0 saturated heterocycles. The number of carbonyl (C=O) groups is 1. The molecule has 1 heterocycles. The van der Waals surface area contributed by atoms with Crippen LogP contribution in [0.2, 0.25) is 0 Å². The molecule has 1 atom stereocenters. The van der Waals surface area contributed by atoms with Gasteiger partial charge in [-0.15, -0.1) is 6.42 Å². The van der Waals surface area contributed by atoms with Crippen LogP contribution in [0.4, 0.5) is 0 Å². The van der Waals surface area contributed by atoms with E-state index < -0.39 is 0 Å². The van der Waals surface area contributed by atoms with Gasteiger partial charge in [0.15, 0.2) is 0 Å². The molecule has 1 aromatic carbocycles. The lowest BCUT2D eigenvalue weighted by atomic mass is 10.1. The summed E-state index contributed by atoms with van der Waals surface area (Å²) in [4.78, 5) is 19.0. The van der Waals surface area contributed by atoms with Gasteiger partial charge >= 0.3 is 0 Å². The molecular formula is C13H13N3O. The fourth-order valence-electron chi connectivity index (χ4n) is 1.58. The summed E-state index contributed by atoms with van der Waals surface area (Å²) in [6, 6.07) is 5.08. The monoisotopic (exact) mass is 227 g/mol. The summed E-state index contributed by atoms with van der Waals surface area (Å²) in [6.45, 7) is 1.93. The fourth-order valence-corrected chi connectivity index (χ4v) is 1.58. The van der Waals surface area contributed by atoms with E-state index in [0.717, 1.165) is 11.0 Å². The van der Waals surface area contributed by atoms with Crippen LogP contribution in [-0.4, -0.2) is 21.9 Å². The predicted octanol–water partition coefficient (Wildman–Crippen LogP) is 1.70. The quantitative estimate of drug-likeness (QED) is 0.784. The van der Waals surface area contributed by atoms with Crippen LogP contribution in [-0.2, 0) is 0 Å². The number of fused-ring (bicyclic) bond motifs is 1. The summed E-state index contributed by atoms with van der Waals surface area (Å²) in [5.74, 6) is 2.37. The molecule has 4 heteroatoms. The lowest BCUT2D eigenvalue weighted by Gasteiger charge is -2.10. The number of benzene rings is 1. The van der Waals surface area contributed by atoms with Crippen molar-refractivity contribution in [2.24, 2.45) is 0 Å². The number of rotatable bonds is 3. The molecule has 0 fully saturated rings. The highest BCUT2D eigenvalue weighted by Crippen LogP contribution is 2.11. The number of nitrogens with one attached hydrogen (secondary N) is 2. The van der Waals surface area contributed by atoms with Crippen LogP contribution in [0.5, 0.6) is 0 Å². The smallest absolute Gasteiger partial charge is 0.252 e. The molecule has 0 saturated carbocycles. The van der Waals surface area contributed by atoms with Crippen molar-refractivity contribution in [3.63, 3.8) is 0 Å². The average molecular weight is 227 g/mol. The maximum absolute atomic E-state index is 11.9. The van der Waals surface area contributed by atoms with Crippen molar-refractivity contribution in [2.75, 3.05) is 0 Å². The van der Waals surface area contributed by atoms with Crippen LogP contribution in [0.15, 0.2) is 24.5 Å². The highest BCUT2D eigenvalue weighted by molar-refractivity contribution is 5.97. The van der Waals surface area contributed by atoms with E-state index in [-0.39, 0.29) is 11.9 Å². The van der Waals surface area contributed by atoms with Gasteiger partial charge in [-0.05, 0) is 24.6 Å². The summed E-state index contributed by atoms with van der Waals surface area (Å²) in [7, 11) is 0. The van der Waals surface area contributed by atoms with Gasteiger partial charge in [0, 0.05) is 5.56 Å². The minimum absolute atomic E-state index is 0.161.